The maximum absolute atomic E-state index is 7.28. The predicted molar refractivity (Wildman–Crippen MR) is 54.3 cm³/mol. The molecule has 0 spiro atoms. The largest absolute Gasteiger partial charge is 0.378 e. The van der Waals surface area contributed by atoms with Crippen LogP contribution in [-0.2, 0) is 0 Å². The fraction of sp³-hybridized carbons (Fsp3) is 0.143. The minimum Gasteiger partial charge on any atom is -0.378 e. The van der Waals surface area contributed by atoms with Crippen LogP contribution >= 0.6 is 11.8 Å². The molecule has 0 aromatic carbocycles. The van der Waals surface area contributed by atoms with Gasteiger partial charge in [0, 0.05) is 5.70 Å². The SMILES string of the molecule is C=C/C=C(/C)NC(=N)SC(=N)N. The Balaban J connectivity index is 3.92. The molecule has 0 rings (SSSR count). The third-order valence-corrected chi connectivity index (χ3v) is 1.42. The van der Waals surface area contributed by atoms with Crippen molar-refractivity contribution in [3.8, 4) is 0 Å². The van der Waals surface area contributed by atoms with E-state index in [1.807, 2.05) is 0 Å². The second kappa shape index (κ2) is 5.42. The number of rotatable bonds is 2. The van der Waals surface area contributed by atoms with Crippen LogP contribution in [0.5, 0.6) is 0 Å². The van der Waals surface area contributed by atoms with Crippen LogP contribution in [0.1, 0.15) is 6.92 Å². The third kappa shape index (κ3) is 5.55. The molecule has 12 heavy (non-hydrogen) atoms. The van der Waals surface area contributed by atoms with Crippen molar-refractivity contribution in [2.75, 3.05) is 0 Å². The van der Waals surface area contributed by atoms with E-state index in [0.717, 1.165) is 17.5 Å². The Morgan fingerprint density at radius 1 is 1.58 bits per heavy atom. The second-order valence-electron chi connectivity index (χ2n) is 2.01. The summed E-state index contributed by atoms with van der Waals surface area (Å²) in [5, 5.41) is 16.9. The first-order valence-electron chi connectivity index (χ1n) is 3.23. The Morgan fingerprint density at radius 2 is 2.17 bits per heavy atom. The lowest BCUT2D eigenvalue weighted by Crippen LogP contribution is -2.20. The van der Waals surface area contributed by atoms with E-state index in [2.05, 4.69) is 11.9 Å². The molecule has 0 aliphatic heterocycles. The summed E-state index contributed by atoms with van der Waals surface area (Å²) >= 11 is 0.867. The fourth-order valence-electron chi connectivity index (χ4n) is 0.533. The second-order valence-corrected chi connectivity index (χ2v) is 3.06. The molecule has 0 unspecified atom stereocenters. The van der Waals surface area contributed by atoms with Crippen LogP contribution in [0.4, 0.5) is 0 Å². The van der Waals surface area contributed by atoms with Crippen LogP contribution in [0, 0.1) is 10.8 Å². The maximum atomic E-state index is 7.28. The molecular weight excluding hydrogens is 172 g/mol. The van der Waals surface area contributed by atoms with Gasteiger partial charge < -0.3 is 11.1 Å². The molecular formula is C7H12N4S. The Hall–Kier alpha value is -1.23. The number of allylic oxidation sites excluding steroid dienone is 3. The Bertz CT molecular complexity index is 232. The molecule has 0 aromatic rings. The summed E-state index contributed by atoms with van der Waals surface area (Å²) in [4.78, 5) is 0. The van der Waals surface area contributed by atoms with E-state index in [1.54, 1.807) is 19.1 Å². The van der Waals surface area contributed by atoms with Crippen LogP contribution in [-0.4, -0.2) is 10.3 Å². The van der Waals surface area contributed by atoms with Crippen molar-refractivity contribution in [1.82, 2.24) is 5.32 Å². The summed E-state index contributed by atoms with van der Waals surface area (Å²) in [7, 11) is 0. The lowest BCUT2D eigenvalue weighted by Gasteiger charge is -2.04. The molecule has 5 heteroatoms. The van der Waals surface area contributed by atoms with Gasteiger partial charge in [0.1, 0.15) is 0 Å². The summed E-state index contributed by atoms with van der Waals surface area (Å²) in [6.45, 7) is 5.31. The van der Waals surface area contributed by atoms with Crippen LogP contribution in [0.25, 0.3) is 0 Å². The van der Waals surface area contributed by atoms with Crippen LogP contribution in [0.2, 0.25) is 0 Å². The topological polar surface area (TPSA) is 85.8 Å². The monoisotopic (exact) mass is 184 g/mol. The minimum atomic E-state index is -0.0982. The summed E-state index contributed by atoms with van der Waals surface area (Å²) in [6.07, 6.45) is 3.35. The van der Waals surface area contributed by atoms with Gasteiger partial charge in [-0.05, 0) is 24.8 Å². The summed E-state index contributed by atoms with van der Waals surface area (Å²) < 4.78 is 0. The minimum absolute atomic E-state index is 0.0982. The highest BCUT2D eigenvalue weighted by Gasteiger charge is 1.98. The van der Waals surface area contributed by atoms with Crippen molar-refractivity contribution in [1.29, 1.82) is 10.8 Å². The van der Waals surface area contributed by atoms with Crippen LogP contribution in [0.3, 0.4) is 0 Å². The van der Waals surface area contributed by atoms with Gasteiger partial charge in [0.2, 0.25) is 0 Å². The predicted octanol–water partition coefficient (Wildman–Crippen LogP) is 1.23. The lowest BCUT2D eigenvalue weighted by atomic mass is 10.4. The molecule has 4 nitrogen and oxygen atoms in total. The van der Waals surface area contributed by atoms with Crippen molar-refractivity contribution in [3.63, 3.8) is 0 Å². The van der Waals surface area contributed by atoms with Gasteiger partial charge in [0.25, 0.3) is 0 Å². The Kier molecular flexibility index (Phi) is 4.87. The van der Waals surface area contributed by atoms with Crippen molar-refractivity contribution >= 4 is 22.1 Å². The highest BCUT2D eigenvalue weighted by atomic mass is 32.2. The summed E-state index contributed by atoms with van der Waals surface area (Å²) in [5.41, 5.74) is 5.86. The van der Waals surface area contributed by atoms with Gasteiger partial charge in [0.05, 0.1) is 0 Å². The fourth-order valence-corrected chi connectivity index (χ4v) is 0.965. The molecule has 66 valence electrons. The smallest absolute Gasteiger partial charge is 0.165 e. The summed E-state index contributed by atoms with van der Waals surface area (Å²) in [6, 6.07) is 0. The van der Waals surface area contributed by atoms with E-state index >= 15 is 0 Å². The van der Waals surface area contributed by atoms with Gasteiger partial charge in [0.15, 0.2) is 10.3 Å². The summed E-state index contributed by atoms with van der Waals surface area (Å²) in [5.74, 6) is 0. The van der Waals surface area contributed by atoms with Gasteiger partial charge in [-0.2, -0.15) is 0 Å². The normalized spacial score (nSPS) is 10.6. The zero-order chi connectivity index (χ0) is 9.56. The number of thioether (sulfide) groups is 1. The first-order valence-corrected chi connectivity index (χ1v) is 4.04. The van der Waals surface area contributed by atoms with Gasteiger partial charge in [-0.25, -0.2) is 0 Å². The average molecular weight is 184 g/mol. The zero-order valence-electron chi connectivity index (χ0n) is 6.85. The number of nitrogens with one attached hydrogen (secondary N) is 3. The Morgan fingerprint density at radius 3 is 2.58 bits per heavy atom. The van der Waals surface area contributed by atoms with Gasteiger partial charge in [-0.15, -0.1) is 0 Å². The maximum Gasteiger partial charge on any atom is 0.165 e. The molecule has 0 aromatic heterocycles. The molecule has 0 aliphatic rings. The molecule has 0 fully saturated rings. The number of nitrogens with two attached hydrogens (primary N) is 1. The zero-order valence-corrected chi connectivity index (χ0v) is 7.66. The molecule has 0 saturated carbocycles. The lowest BCUT2D eigenvalue weighted by molar-refractivity contribution is 1.12. The molecule has 0 saturated heterocycles. The van der Waals surface area contributed by atoms with Gasteiger partial charge in [-0.1, -0.05) is 12.7 Å². The van der Waals surface area contributed by atoms with Crippen LogP contribution in [0.15, 0.2) is 24.4 Å². The highest BCUT2D eigenvalue weighted by Crippen LogP contribution is 1.99. The van der Waals surface area contributed by atoms with Gasteiger partial charge in [-0.3, -0.25) is 10.8 Å². The highest BCUT2D eigenvalue weighted by molar-refractivity contribution is 8.26. The molecule has 0 amide bonds. The van der Waals surface area contributed by atoms with E-state index in [4.69, 9.17) is 16.6 Å². The van der Waals surface area contributed by atoms with Crippen molar-refractivity contribution in [2.45, 2.75) is 6.92 Å². The van der Waals surface area contributed by atoms with E-state index in [1.165, 1.54) is 0 Å². The van der Waals surface area contributed by atoms with Crippen LogP contribution < -0.4 is 11.1 Å². The molecule has 0 heterocycles. The van der Waals surface area contributed by atoms with Crippen molar-refractivity contribution < 1.29 is 0 Å². The Labute approximate surface area is 75.9 Å². The number of hydrogen-bond donors (Lipinski definition) is 4. The third-order valence-electron chi connectivity index (χ3n) is 0.891. The molecule has 0 radical (unpaired) electrons. The molecule has 0 aliphatic carbocycles. The van der Waals surface area contributed by atoms with E-state index in [9.17, 15) is 0 Å². The van der Waals surface area contributed by atoms with E-state index < -0.39 is 0 Å². The van der Waals surface area contributed by atoms with Crippen molar-refractivity contribution in [2.24, 2.45) is 5.73 Å². The van der Waals surface area contributed by atoms with Crippen molar-refractivity contribution in [3.05, 3.63) is 24.4 Å². The van der Waals surface area contributed by atoms with E-state index in [-0.39, 0.29) is 10.3 Å². The first-order chi connectivity index (χ1) is 5.56. The first kappa shape index (κ1) is 10.8. The molecule has 0 atom stereocenters. The van der Waals surface area contributed by atoms with Gasteiger partial charge >= 0.3 is 0 Å². The number of hydrogen-bond acceptors (Lipinski definition) is 3. The number of amidine groups is 2. The molecule has 5 N–H and O–H groups in total. The average Bonchev–Trinajstić information content (AvgIpc) is 1.84. The van der Waals surface area contributed by atoms with E-state index in [0.29, 0.717) is 0 Å². The standard InChI is InChI=1S/C7H12N4S/c1-3-4-5(2)11-7(10)12-6(8)9/h3-4H,1H2,2H3,(H3,8,9)(H2,10,11)/b5-4-. The quantitative estimate of drug-likeness (QED) is 0.296. The molecule has 0 bridgehead atoms.